The zero-order valence-corrected chi connectivity index (χ0v) is 17.6. The number of hydrogen-bond donors (Lipinski definition) is 1. The molecule has 1 amide bonds. The molecule has 9 nitrogen and oxygen atoms in total. The summed E-state index contributed by atoms with van der Waals surface area (Å²) in [5, 5.41) is 3.45. The van der Waals surface area contributed by atoms with Crippen LogP contribution in [-0.2, 0) is 11.3 Å². The molecule has 0 aromatic carbocycles. The molecule has 0 bridgehead atoms. The van der Waals surface area contributed by atoms with Gasteiger partial charge in [-0.2, -0.15) is 0 Å². The van der Waals surface area contributed by atoms with E-state index in [-0.39, 0.29) is 23.8 Å². The molecule has 2 fully saturated rings. The molecule has 1 aliphatic carbocycles. The number of alkyl halides is 1. The molecule has 3 aromatic rings. The molecular formula is C21H25FN8O. The predicted octanol–water partition coefficient (Wildman–Crippen LogP) is 2.23. The SMILES string of the molecule is CCn1c(-c2cnc(C)nc2)nc2c(N[C@H]3CCN(C(=O)C4CC4CF)C3)ncnc21. The zero-order valence-electron chi connectivity index (χ0n) is 17.6. The van der Waals surface area contributed by atoms with Crippen molar-refractivity contribution in [1.82, 2.24) is 34.4 Å². The van der Waals surface area contributed by atoms with E-state index < -0.39 is 6.67 Å². The smallest absolute Gasteiger partial charge is 0.226 e. The van der Waals surface area contributed by atoms with Gasteiger partial charge in [-0.3, -0.25) is 9.18 Å². The number of aryl methyl sites for hydroxylation is 2. The van der Waals surface area contributed by atoms with E-state index in [2.05, 4.69) is 25.3 Å². The summed E-state index contributed by atoms with van der Waals surface area (Å²) in [6, 6.07) is 0.0718. The van der Waals surface area contributed by atoms with E-state index in [0.29, 0.717) is 43.2 Å². The lowest BCUT2D eigenvalue weighted by molar-refractivity contribution is -0.131. The van der Waals surface area contributed by atoms with Crippen LogP contribution in [0.4, 0.5) is 10.2 Å². The number of likely N-dealkylation sites (tertiary alicyclic amines) is 1. The average molecular weight is 424 g/mol. The Morgan fingerprint density at radius 2 is 2.06 bits per heavy atom. The van der Waals surface area contributed by atoms with Crippen molar-refractivity contribution in [2.45, 2.75) is 39.3 Å². The predicted molar refractivity (Wildman–Crippen MR) is 113 cm³/mol. The summed E-state index contributed by atoms with van der Waals surface area (Å²) < 4.78 is 14.8. The van der Waals surface area contributed by atoms with E-state index in [1.165, 1.54) is 6.33 Å². The quantitative estimate of drug-likeness (QED) is 0.647. The second-order valence-corrected chi connectivity index (χ2v) is 8.26. The topological polar surface area (TPSA) is 102 Å². The van der Waals surface area contributed by atoms with Gasteiger partial charge in [-0.05, 0) is 32.6 Å². The lowest BCUT2D eigenvalue weighted by atomic mass is 10.2. The molecule has 3 aromatic heterocycles. The van der Waals surface area contributed by atoms with Gasteiger partial charge in [-0.15, -0.1) is 0 Å². The fourth-order valence-electron chi connectivity index (χ4n) is 4.30. The van der Waals surface area contributed by atoms with Crippen LogP contribution in [-0.4, -0.2) is 66.1 Å². The summed E-state index contributed by atoms with van der Waals surface area (Å²) in [5.74, 6) is 1.97. The van der Waals surface area contributed by atoms with Gasteiger partial charge in [0.2, 0.25) is 5.91 Å². The van der Waals surface area contributed by atoms with Crippen molar-refractivity contribution in [2.75, 3.05) is 25.1 Å². The van der Waals surface area contributed by atoms with Gasteiger partial charge >= 0.3 is 0 Å². The van der Waals surface area contributed by atoms with E-state index in [1.54, 1.807) is 12.4 Å². The first-order chi connectivity index (χ1) is 15.1. The molecule has 1 N–H and O–H groups in total. The van der Waals surface area contributed by atoms with Crippen LogP contribution in [0.25, 0.3) is 22.6 Å². The number of nitrogens with one attached hydrogen (secondary N) is 1. The Kier molecular flexibility index (Phi) is 4.99. The molecule has 0 spiro atoms. The lowest BCUT2D eigenvalue weighted by Gasteiger charge is -2.17. The summed E-state index contributed by atoms with van der Waals surface area (Å²) >= 11 is 0. The second kappa shape index (κ2) is 7.82. The molecule has 1 aliphatic heterocycles. The van der Waals surface area contributed by atoms with Gasteiger partial charge in [0.15, 0.2) is 17.0 Å². The van der Waals surface area contributed by atoms with Crippen molar-refractivity contribution in [3.05, 3.63) is 24.5 Å². The fraction of sp³-hybridized carbons (Fsp3) is 0.524. The molecule has 31 heavy (non-hydrogen) atoms. The number of carbonyl (C=O) groups excluding carboxylic acids is 1. The van der Waals surface area contributed by atoms with E-state index in [1.807, 2.05) is 23.3 Å². The van der Waals surface area contributed by atoms with E-state index >= 15 is 0 Å². The number of anilines is 1. The Hall–Kier alpha value is -3.17. The maximum atomic E-state index is 12.8. The molecule has 162 valence electrons. The minimum atomic E-state index is -0.403. The molecule has 0 radical (unpaired) electrons. The standard InChI is InChI=1S/C21H25FN8O/c1-3-30-19(14-8-23-12(2)24-9-14)28-17-18(25-11-26-20(17)30)27-15-4-5-29(10-15)21(31)16-6-13(16)7-22/h8-9,11,13,15-16H,3-7,10H2,1-2H3,(H,25,26,27)/t13?,15-,16?/m0/s1. The maximum Gasteiger partial charge on any atom is 0.226 e. The average Bonchev–Trinajstić information content (AvgIpc) is 3.26. The van der Waals surface area contributed by atoms with Crippen molar-refractivity contribution < 1.29 is 9.18 Å². The lowest BCUT2D eigenvalue weighted by Crippen LogP contribution is -2.33. The van der Waals surface area contributed by atoms with Crippen LogP contribution in [0, 0.1) is 18.8 Å². The van der Waals surface area contributed by atoms with Crippen LogP contribution < -0.4 is 5.32 Å². The van der Waals surface area contributed by atoms with Gasteiger partial charge in [-0.25, -0.2) is 24.9 Å². The molecule has 10 heteroatoms. The first-order valence-electron chi connectivity index (χ1n) is 10.7. The van der Waals surface area contributed by atoms with Gasteiger partial charge in [0.1, 0.15) is 18.0 Å². The highest BCUT2D eigenvalue weighted by Crippen LogP contribution is 2.40. The number of fused-ring (bicyclic) bond motifs is 1. The van der Waals surface area contributed by atoms with Crippen molar-refractivity contribution >= 4 is 22.9 Å². The third-order valence-corrected chi connectivity index (χ3v) is 6.17. The number of nitrogens with zero attached hydrogens (tertiary/aromatic N) is 7. The molecule has 5 rings (SSSR count). The van der Waals surface area contributed by atoms with E-state index in [9.17, 15) is 9.18 Å². The van der Waals surface area contributed by atoms with Crippen LogP contribution in [0.3, 0.4) is 0 Å². The first kappa shape index (κ1) is 19.8. The summed E-state index contributed by atoms with van der Waals surface area (Å²) in [5.41, 5.74) is 2.25. The van der Waals surface area contributed by atoms with Crippen molar-refractivity contribution in [1.29, 1.82) is 0 Å². The van der Waals surface area contributed by atoms with Gasteiger partial charge in [0.05, 0.1) is 12.2 Å². The van der Waals surface area contributed by atoms with Crippen molar-refractivity contribution in [2.24, 2.45) is 11.8 Å². The Morgan fingerprint density at radius 3 is 2.77 bits per heavy atom. The summed E-state index contributed by atoms with van der Waals surface area (Å²) in [6.45, 7) is 5.44. The highest BCUT2D eigenvalue weighted by atomic mass is 19.1. The summed E-state index contributed by atoms with van der Waals surface area (Å²) in [4.78, 5) is 36.6. The third-order valence-electron chi connectivity index (χ3n) is 6.17. The monoisotopic (exact) mass is 424 g/mol. The first-order valence-corrected chi connectivity index (χ1v) is 10.7. The highest BCUT2D eigenvalue weighted by Gasteiger charge is 2.46. The Bertz CT molecular complexity index is 1110. The van der Waals surface area contributed by atoms with E-state index in [4.69, 9.17) is 4.98 Å². The Morgan fingerprint density at radius 1 is 1.26 bits per heavy atom. The van der Waals surface area contributed by atoms with Crippen LogP contribution >= 0.6 is 0 Å². The number of imidazole rings is 1. The molecule has 1 saturated carbocycles. The molecule has 1 saturated heterocycles. The largest absolute Gasteiger partial charge is 0.364 e. The number of amides is 1. The number of carbonyl (C=O) groups is 1. The fourth-order valence-corrected chi connectivity index (χ4v) is 4.30. The number of hydrogen-bond acceptors (Lipinski definition) is 7. The number of aromatic nitrogens is 6. The van der Waals surface area contributed by atoms with Gasteiger partial charge < -0.3 is 14.8 Å². The third kappa shape index (κ3) is 3.60. The summed E-state index contributed by atoms with van der Waals surface area (Å²) in [7, 11) is 0. The normalized spacial score (nSPS) is 22.8. The van der Waals surface area contributed by atoms with Crippen LogP contribution in [0.2, 0.25) is 0 Å². The zero-order chi connectivity index (χ0) is 21.5. The van der Waals surface area contributed by atoms with Crippen LogP contribution in [0.15, 0.2) is 18.7 Å². The molecular weight excluding hydrogens is 399 g/mol. The molecule has 2 unspecified atom stereocenters. The van der Waals surface area contributed by atoms with E-state index in [0.717, 1.165) is 23.5 Å². The highest BCUT2D eigenvalue weighted by molar-refractivity contribution is 5.86. The Labute approximate surface area is 179 Å². The van der Waals surface area contributed by atoms with Gasteiger partial charge in [0, 0.05) is 44.0 Å². The van der Waals surface area contributed by atoms with Gasteiger partial charge in [-0.1, -0.05) is 0 Å². The minimum Gasteiger partial charge on any atom is -0.364 e. The van der Waals surface area contributed by atoms with Crippen molar-refractivity contribution in [3.63, 3.8) is 0 Å². The maximum absolute atomic E-state index is 12.8. The van der Waals surface area contributed by atoms with Crippen molar-refractivity contribution in [3.8, 4) is 11.4 Å². The van der Waals surface area contributed by atoms with Gasteiger partial charge in [0.25, 0.3) is 0 Å². The van der Waals surface area contributed by atoms with Crippen LogP contribution in [0.5, 0.6) is 0 Å². The molecule has 4 heterocycles. The summed E-state index contributed by atoms with van der Waals surface area (Å²) in [6.07, 6.45) is 6.55. The number of rotatable bonds is 6. The van der Waals surface area contributed by atoms with Crippen LogP contribution in [0.1, 0.15) is 25.6 Å². The molecule has 3 atom stereocenters. The number of halogens is 1. The molecule has 2 aliphatic rings. The minimum absolute atomic E-state index is 0.0718. The Balaban J connectivity index is 1.38. The second-order valence-electron chi connectivity index (χ2n) is 8.26.